The van der Waals surface area contributed by atoms with Crippen molar-refractivity contribution in [3.63, 3.8) is 0 Å². The lowest BCUT2D eigenvalue weighted by molar-refractivity contribution is 0.0582. The molecule has 0 aliphatic carbocycles. The highest BCUT2D eigenvalue weighted by Crippen LogP contribution is 2.24. The molecule has 3 rings (SSSR count). The van der Waals surface area contributed by atoms with Crippen LogP contribution in [0.25, 0.3) is 5.70 Å². The summed E-state index contributed by atoms with van der Waals surface area (Å²) in [5.41, 5.74) is 10.8. The number of aromatic nitrogens is 1. The van der Waals surface area contributed by atoms with Gasteiger partial charge in [-0.25, -0.2) is 4.99 Å². The van der Waals surface area contributed by atoms with Gasteiger partial charge in [-0.15, -0.1) is 0 Å². The average molecular weight is 422 g/mol. The number of nitrogens with two attached hydrogens (primary N) is 1. The number of amides is 1. The largest absolute Gasteiger partial charge is 0.398 e. The summed E-state index contributed by atoms with van der Waals surface area (Å²) >= 11 is 0. The first kappa shape index (κ1) is 22.4. The summed E-state index contributed by atoms with van der Waals surface area (Å²) in [6, 6.07) is 9.69. The highest BCUT2D eigenvalue weighted by Gasteiger charge is 2.24. The second kappa shape index (κ2) is 10.1. The molecule has 1 amide bonds. The van der Waals surface area contributed by atoms with Crippen molar-refractivity contribution in [2.24, 2.45) is 10.7 Å². The zero-order chi connectivity index (χ0) is 22.4. The fourth-order valence-electron chi connectivity index (χ4n) is 3.78. The molecule has 0 radical (unpaired) electrons. The van der Waals surface area contributed by atoms with Crippen LogP contribution in [0.1, 0.15) is 40.2 Å². The lowest BCUT2D eigenvalue weighted by Crippen LogP contribution is -2.34. The average Bonchev–Trinajstić information content (AvgIpc) is 3.35. The lowest BCUT2D eigenvalue weighted by atomic mass is 10.1. The number of anilines is 1. The number of allylic oxidation sites excluding steroid dienone is 1. The number of carbonyl (C=O) groups excluding carboxylic acids is 1. The summed E-state index contributed by atoms with van der Waals surface area (Å²) in [4.78, 5) is 22.1. The molecule has 0 saturated carbocycles. The van der Waals surface area contributed by atoms with E-state index in [0.29, 0.717) is 23.8 Å². The van der Waals surface area contributed by atoms with Gasteiger partial charge in [-0.2, -0.15) is 0 Å². The van der Waals surface area contributed by atoms with Crippen molar-refractivity contribution in [1.29, 1.82) is 0 Å². The summed E-state index contributed by atoms with van der Waals surface area (Å²) in [5, 5.41) is 3.11. The van der Waals surface area contributed by atoms with Gasteiger partial charge in [-0.05, 0) is 50.5 Å². The molecule has 1 saturated heterocycles. The molecule has 1 aliphatic heterocycles. The first-order valence-electron chi connectivity index (χ1n) is 10.4. The Morgan fingerprint density at radius 3 is 2.81 bits per heavy atom. The second-order valence-corrected chi connectivity index (χ2v) is 7.78. The van der Waals surface area contributed by atoms with Crippen molar-refractivity contribution >= 4 is 23.5 Å². The number of ether oxygens (including phenoxy) is 1. The first-order valence-corrected chi connectivity index (χ1v) is 10.4. The zero-order valence-corrected chi connectivity index (χ0v) is 18.4. The normalized spacial score (nSPS) is 16.6. The monoisotopic (exact) mass is 421 g/mol. The van der Waals surface area contributed by atoms with E-state index in [1.54, 1.807) is 24.2 Å². The Morgan fingerprint density at radius 1 is 1.39 bits per heavy atom. The maximum absolute atomic E-state index is 13.0. The van der Waals surface area contributed by atoms with Gasteiger partial charge < -0.3 is 25.7 Å². The molecule has 1 unspecified atom stereocenters. The number of hydrogen-bond acceptors (Lipinski definition) is 5. The Morgan fingerprint density at radius 2 is 2.13 bits per heavy atom. The molecule has 31 heavy (non-hydrogen) atoms. The third kappa shape index (κ3) is 5.64. The molecular formula is C24H31N5O2. The molecule has 1 aliphatic rings. The van der Waals surface area contributed by atoms with Crippen molar-refractivity contribution in [1.82, 2.24) is 9.88 Å². The van der Waals surface area contributed by atoms with E-state index in [0.717, 1.165) is 42.0 Å². The fraction of sp³-hybridized carbons (Fsp3) is 0.333. The van der Waals surface area contributed by atoms with Gasteiger partial charge >= 0.3 is 0 Å². The topological polar surface area (TPSA) is 95.7 Å². The summed E-state index contributed by atoms with van der Waals surface area (Å²) < 4.78 is 5.65. The van der Waals surface area contributed by atoms with E-state index in [1.165, 1.54) is 0 Å². The molecular weight excluding hydrogens is 390 g/mol. The van der Waals surface area contributed by atoms with Gasteiger partial charge in [0.2, 0.25) is 0 Å². The van der Waals surface area contributed by atoms with Gasteiger partial charge in [-0.3, -0.25) is 4.79 Å². The number of aryl methyl sites for hydroxylation is 1. The highest BCUT2D eigenvalue weighted by atomic mass is 16.5. The van der Waals surface area contributed by atoms with Crippen molar-refractivity contribution in [2.75, 3.05) is 25.5 Å². The Kier molecular flexibility index (Phi) is 7.31. The van der Waals surface area contributed by atoms with Crippen molar-refractivity contribution in [3.8, 4) is 0 Å². The lowest BCUT2D eigenvalue weighted by Gasteiger charge is -2.20. The molecule has 7 heteroatoms. The number of rotatable bonds is 8. The molecule has 2 aromatic rings. The van der Waals surface area contributed by atoms with Crippen LogP contribution in [0.3, 0.4) is 0 Å². The standard InChI is InChI=1S/C24H31N5O2/c1-16-22(21(25)12-13-26-18(3)28-19-9-6-5-7-10-19)17(2)27-23(16)24(30)29(4)15-20-11-8-14-31-20/h5-7,9-10,12-13,20,27-28H,3,8,11,14-15,25H2,1-2,4H3/b21-12-,26-13-. The van der Waals surface area contributed by atoms with Crippen molar-refractivity contribution < 1.29 is 9.53 Å². The van der Waals surface area contributed by atoms with Crippen molar-refractivity contribution in [3.05, 3.63) is 71.3 Å². The number of hydrogen-bond donors (Lipinski definition) is 3. The van der Waals surface area contributed by atoms with Crippen LogP contribution in [-0.4, -0.2) is 48.3 Å². The van der Waals surface area contributed by atoms with Crippen LogP contribution < -0.4 is 11.1 Å². The molecule has 164 valence electrons. The van der Waals surface area contributed by atoms with E-state index in [-0.39, 0.29) is 12.0 Å². The molecule has 4 N–H and O–H groups in total. The number of H-pyrrole nitrogens is 1. The molecule has 0 spiro atoms. The maximum Gasteiger partial charge on any atom is 0.270 e. The minimum atomic E-state index is -0.0655. The molecule has 7 nitrogen and oxygen atoms in total. The maximum atomic E-state index is 13.0. The Labute approximate surface area is 183 Å². The molecule has 1 atom stereocenters. The molecule has 0 bridgehead atoms. The van der Waals surface area contributed by atoms with E-state index in [1.807, 2.05) is 44.2 Å². The number of carbonyl (C=O) groups is 1. The van der Waals surface area contributed by atoms with Gasteiger partial charge in [-0.1, -0.05) is 24.8 Å². The van der Waals surface area contributed by atoms with Crippen LogP contribution in [0.2, 0.25) is 0 Å². The summed E-state index contributed by atoms with van der Waals surface area (Å²) in [7, 11) is 1.80. The van der Waals surface area contributed by atoms with Crippen LogP contribution in [0.4, 0.5) is 5.69 Å². The summed E-state index contributed by atoms with van der Waals surface area (Å²) in [5.74, 6) is 0.439. The predicted molar refractivity (Wildman–Crippen MR) is 126 cm³/mol. The van der Waals surface area contributed by atoms with Gasteiger partial charge in [0.05, 0.1) is 6.10 Å². The van der Waals surface area contributed by atoms with E-state index < -0.39 is 0 Å². The van der Waals surface area contributed by atoms with Crippen LogP contribution in [0.15, 0.2) is 53.8 Å². The summed E-state index contributed by atoms with van der Waals surface area (Å²) in [6.45, 7) is 9.06. The summed E-state index contributed by atoms with van der Waals surface area (Å²) in [6.07, 6.45) is 5.47. The molecule has 1 fully saturated rings. The minimum Gasteiger partial charge on any atom is -0.398 e. The smallest absolute Gasteiger partial charge is 0.270 e. The number of aromatic amines is 1. The first-order chi connectivity index (χ1) is 14.9. The van der Waals surface area contributed by atoms with Crippen LogP contribution >= 0.6 is 0 Å². The molecule has 2 heterocycles. The number of nitrogens with zero attached hydrogens (tertiary/aromatic N) is 2. The quantitative estimate of drug-likeness (QED) is 0.565. The van der Waals surface area contributed by atoms with E-state index in [4.69, 9.17) is 10.5 Å². The number of benzene rings is 1. The number of aliphatic imine (C=N–C) groups is 1. The van der Waals surface area contributed by atoms with Gasteiger partial charge in [0.15, 0.2) is 0 Å². The van der Waals surface area contributed by atoms with Gasteiger partial charge in [0, 0.05) is 49.1 Å². The highest BCUT2D eigenvalue weighted by molar-refractivity contribution is 5.96. The van der Waals surface area contributed by atoms with E-state index in [9.17, 15) is 4.79 Å². The zero-order valence-electron chi connectivity index (χ0n) is 18.4. The SMILES string of the molecule is C=C(/N=C\C=C(/N)c1c(C)[nH]c(C(=O)N(C)CC2CCCO2)c1C)Nc1ccccc1. The number of para-hydroxylation sites is 1. The fourth-order valence-corrected chi connectivity index (χ4v) is 3.78. The second-order valence-electron chi connectivity index (χ2n) is 7.78. The Hall–Kier alpha value is -3.32. The third-order valence-corrected chi connectivity index (χ3v) is 5.34. The van der Waals surface area contributed by atoms with E-state index in [2.05, 4.69) is 21.9 Å². The van der Waals surface area contributed by atoms with Crippen LogP contribution in [0, 0.1) is 13.8 Å². The Bertz CT molecular complexity index is 985. The van der Waals surface area contributed by atoms with Crippen LogP contribution in [0.5, 0.6) is 0 Å². The van der Waals surface area contributed by atoms with Crippen LogP contribution in [-0.2, 0) is 4.74 Å². The van der Waals surface area contributed by atoms with E-state index >= 15 is 0 Å². The van der Waals surface area contributed by atoms with Crippen molar-refractivity contribution in [2.45, 2.75) is 32.8 Å². The molecule has 1 aromatic heterocycles. The van der Waals surface area contributed by atoms with Gasteiger partial charge in [0.25, 0.3) is 5.91 Å². The van der Waals surface area contributed by atoms with Gasteiger partial charge in [0.1, 0.15) is 11.5 Å². The predicted octanol–water partition coefficient (Wildman–Crippen LogP) is 3.84. The number of nitrogens with one attached hydrogen (secondary N) is 2. The number of likely N-dealkylation sites (N-methyl/N-ethyl adjacent to an activating group) is 1. The Balaban J connectivity index is 1.68. The third-order valence-electron chi connectivity index (χ3n) is 5.34. The molecule has 1 aromatic carbocycles. The minimum absolute atomic E-state index is 0.0655.